The van der Waals surface area contributed by atoms with Crippen LogP contribution in [0.15, 0.2) is 15.6 Å². The fraction of sp³-hybridized carbons (Fsp3) is 0.733. The van der Waals surface area contributed by atoms with E-state index >= 15 is 0 Å². The summed E-state index contributed by atoms with van der Waals surface area (Å²) in [7, 11) is 0. The Morgan fingerprint density at radius 3 is 2.29 bits per heavy atom. The first-order valence-electron chi connectivity index (χ1n) is 7.13. The van der Waals surface area contributed by atoms with E-state index in [1.165, 1.54) is 0 Å². The van der Waals surface area contributed by atoms with Crippen molar-refractivity contribution in [3.8, 4) is 0 Å². The van der Waals surface area contributed by atoms with Crippen LogP contribution >= 0.6 is 24.0 Å². The van der Waals surface area contributed by atoms with Crippen LogP contribution in [-0.4, -0.2) is 23.0 Å². The van der Waals surface area contributed by atoms with Crippen molar-refractivity contribution in [3.63, 3.8) is 0 Å². The van der Waals surface area contributed by atoms with E-state index in [4.69, 9.17) is 4.42 Å². The van der Waals surface area contributed by atoms with Gasteiger partial charge in [-0.1, -0.05) is 20.8 Å². The standard InChI is InChI=1S/C15H28N4O.HI/c1-8-16-13(19-15(5,6)7)18-10-12-17-9-11(20-12)14(2,3)4;/h9H,8,10H2,1-7H3,(H2,16,18,19);1H. The van der Waals surface area contributed by atoms with Gasteiger partial charge in [-0.15, -0.1) is 24.0 Å². The summed E-state index contributed by atoms with van der Waals surface area (Å²) in [5.74, 6) is 2.30. The monoisotopic (exact) mass is 408 g/mol. The average Bonchev–Trinajstić information content (AvgIpc) is 2.72. The van der Waals surface area contributed by atoms with E-state index in [0.717, 1.165) is 18.3 Å². The lowest BCUT2D eigenvalue weighted by molar-refractivity contribution is 0.383. The molecule has 2 N–H and O–H groups in total. The van der Waals surface area contributed by atoms with Gasteiger partial charge in [0.15, 0.2) is 5.96 Å². The van der Waals surface area contributed by atoms with Crippen molar-refractivity contribution in [2.75, 3.05) is 6.54 Å². The average molecular weight is 408 g/mol. The molecule has 1 aromatic heterocycles. The first kappa shape index (κ1) is 20.2. The number of oxazole rings is 1. The molecule has 0 fully saturated rings. The lowest BCUT2D eigenvalue weighted by atomic mass is 9.94. The predicted molar refractivity (Wildman–Crippen MR) is 98.3 cm³/mol. The first-order chi connectivity index (χ1) is 9.12. The van der Waals surface area contributed by atoms with Gasteiger partial charge in [0.05, 0.1) is 6.20 Å². The number of aliphatic imine (C=N–C) groups is 1. The largest absolute Gasteiger partial charge is 0.443 e. The smallest absolute Gasteiger partial charge is 0.216 e. The third-order valence-corrected chi connectivity index (χ3v) is 2.50. The van der Waals surface area contributed by atoms with Crippen LogP contribution in [-0.2, 0) is 12.0 Å². The molecule has 0 atom stereocenters. The fourth-order valence-corrected chi connectivity index (χ4v) is 1.54. The van der Waals surface area contributed by atoms with Crippen LogP contribution in [0.25, 0.3) is 0 Å². The summed E-state index contributed by atoms with van der Waals surface area (Å²) < 4.78 is 5.73. The molecule has 0 aliphatic carbocycles. The van der Waals surface area contributed by atoms with Gasteiger partial charge in [0.1, 0.15) is 12.3 Å². The highest BCUT2D eigenvalue weighted by atomic mass is 127. The van der Waals surface area contributed by atoms with E-state index in [-0.39, 0.29) is 34.9 Å². The molecule has 21 heavy (non-hydrogen) atoms. The van der Waals surface area contributed by atoms with Gasteiger partial charge >= 0.3 is 0 Å². The minimum absolute atomic E-state index is 0. The Kier molecular flexibility index (Phi) is 7.70. The Bertz CT molecular complexity index is 455. The zero-order valence-electron chi connectivity index (χ0n) is 14.2. The lowest BCUT2D eigenvalue weighted by Crippen LogP contribution is -2.47. The van der Waals surface area contributed by atoms with E-state index in [2.05, 4.69) is 62.2 Å². The molecular weight excluding hydrogens is 379 g/mol. The van der Waals surface area contributed by atoms with Crippen molar-refractivity contribution in [2.24, 2.45) is 4.99 Å². The topological polar surface area (TPSA) is 62.5 Å². The van der Waals surface area contributed by atoms with E-state index in [0.29, 0.717) is 12.4 Å². The zero-order valence-corrected chi connectivity index (χ0v) is 16.5. The van der Waals surface area contributed by atoms with Crippen molar-refractivity contribution in [2.45, 2.75) is 66.0 Å². The highest BCUT2D eigenvalue weighted by Gasteiger charge is 2.19. The van der Waals surface area contributed by atoms with Crippen LogP contribution < -0.4 is 10.6 Å². The van der Waals surface area contributed by atoms with Crippen molar-refractivity contribution >= 4 is 29.9 Å². The second-order valence-electron chi connectivity index (χ2n) is 6.94. The maximum atomic E-state index is 5.73. The first-order valence-corrected chi connectivity index (χ1v) is 7.13. The molecule has 0 unspecified atom stereocenters. The number of rotatable bonds is 3. The molecule has 5 nitrogen and oxygen atoms in total. The minimum atomic E-state index is -0.0336. The van der Waals surface area contributed by atoms with Gasteiger partial charge in [0.25, 0.3) is 0 Å². The van der Waals surface area contributed by atoms with Crippen LogP contribution in [0.4, 0.5) is 0 Å². The summed E-state index contributed by atoms with van der Waals surface area (Å²) in [4.78, 5) is 8.78. The van der Waals surface area contributed by atoms with Gasteiger partial charge in [0.2, 0.25) is 5.89 Å². The Morgan fingerprint density at radius 2 is 1.86 bits per heavy atom. The molecule has 6 heteroatoms. The zero-order chi connectivity index (χ0) is 15.4. The summed E-state index contributed by atoms with van der Waals surface area (Å²) >= 11 is 0. The molecule has 0 aliphatic rings. The maximum Gasteiger partial charge on any atom is 0.216 e. The number of halogens is 1. The molecule has 122 valence electrons. The normalized spacial score (nSPS) is 12.8. The molecule has 0 aromatic carbocycles. The molecule has 1 aromatic rings. The van der Waals surface area contributed by atoms with Crippen LogP contribution in [0.1, 0.15) is 60.1 Å². The molecule has 0 bridgehead atoms. The van der Waals surface area contributed by atoms with Gasteiger partial charge in [0, 0.05) is 17.5 Å². The summed E-state index contributed by atoms with van der Waals surface area (Å²) in [5.41, 5.74) is -0.0582. The fourth-order valence-electron chi connectivity index (χ4n) is 1.54. The SMILES string of the molecule is CCNC(=NCc1ncc(C(C)(C)C)o1)NC(C)(C)C.I. The van der Waals surface area contributed by atoms with Crippen molar-refractivity contribution < 1.29 is 4.42 Å². The predicted octanol–water partition coefficient (Wildman–Crippen LogP) is 3.44. The second kappa shape index (κ2) is 8.00. The molecule has 1 heterocycles. The Balaban J connectivity index is 0.00000400. The van der Waals surface area contributed by atoms with Gasteiger partial charge in [-0.2, -0.15) is 0 Å². The third kappa shape index (κ3) is 7.68. The summed E-state index contributed by atoms with van der Waals surface area (Å²) in [6.45, 7) is 15.9. The highest BCUT2D eigenvalue weighted by molar-refractivity contribution is 14.0. The van der Waals surface area contributed by atoms with Crippen LogP contribution in [0.3, 0.4) is 0 Å². The molecule has 0 saturated heterocycles. The molecule has 0 aliphatic heterocycles. The van der Waals surface area contributed by atoms with E-state index in [9.17, 15) is 0 Å². The van der Waals surface area contributed by atoms with Gasteiger partial charge < -0.3 is 15.1 Å². The lowest BCUT2D eigenvalue weighted by Gasteiger charge is -2.23. The molecule has 0 radical (unpaired) electrons. The van der Waals surface area contributed by atoms with Crippen molar-refractivity contribution in [1.82, 2.24) is 15.6 Å². The Labute approximate surface area is 145 Å². The summed E-state index contributed by atoms with van der Waals surface area (Å²) in [5, 5.41) is 6.55. The molecular formula is C15H29IN4O. The van der Waals surface area contributed by atoms with Crippen LogP contribution in [0.5, 0.6) is 0 Å². The number of nitrogens with zero attached hydrogens (tertiary/aromatic N) is 2. The number of nitrogens with one attached hydrogen (secondary N) is 2. The third-order valence-electron chi connectivity index (χ3n) is 2.50. The van der Waals surface area contributed by atoms with Crippen molar-refractivity contribution in [1.29, 1.82) is 0 Å². The van der Waals surface area contributed by atoms with E-state index in [1.54, 1.807) is 6.20 Å². The van der Waals surface area contributed by atoms with Crippen LogP contribution in [0.2, 0.25) is 0 Å². The van der Waals surface area contributed by atoms with E-state index in [1.807, 2.05) is 6.92 Å². The Morgan fingerprint density at radius 1 is 1.24 bits per heavy atom. The molecule has 0 amide bonds. The molecule has 0 spiro atoms. The molecule has 1 rings (SSSR count). The van der Waals surface area contributed by atoms with Gasteiger partial charge in [-0.25, -0.2) is 9.98 Å². The number of aromatic nitrogens is 1. The Hall–Kier alpha value is -0.790. The number of hydrogen-bond acceptors (Lipinski definition) is 3. The summed E-state index contributed by atoms with van der Waals surface area (Å²) in [6, 6.07) is 0. The summed E-state index contributed by atoms with van der Waals surface area (Å²) in [6.07, 6.45) is 1.79. The quantitative estimate of drug-likeness (QED) is 0.457. The number of hydrogen-bond donors (Lipinski definition) is 2. The highest BCUT2D eigenvalue weighted by Crippen LogP contribution is 2.22. The second-order valence-corrected chi connectivity index (χ2v) is 6.94. The van der Waals surface area contributed by atoms with Gasteiger partial charge in [-0.05, 0) is 27.7 Å². The van der Waals surface area contributed by atoms with Crippen molar-refractivity contribution in [3.05, 3.63) is 17.8 Å². The maximum absolute atomic E-state index is 5.73. The van der Waals surface area contributed by atoms with E-state index < -0.39 is 0 Å². The van der Waals surface area contributed by atoms with Gasteiger partial charge in [-0.3, -0.25) is 0 Å². The van der Waals surface area contributed by atoms with Crippen LogP contribution in [0, 0.1) is 0 Å². The number of guanidine groups is 1. The molecule has 0 saturated carbocycles. The minimum Gasteiger partial charge on any atom is -0.443 e.